The number of hydrogen-bond donors (Lipinski definition) is 1. The van der Waals surface area contributed by atoms with Gasteiger partial charge in [-0.15, -0.1) is 10.2 Å². The van der Waals surface area contributed by atoms with Crippen molar-refractivity contribution in [2.75, 3.05) is 11.1 Å². The van der Waals surface area contributed by atoms with Crippen molar-refractivity contribution in [2.24, 2.45) is 0 Å². The van der Waals surface area contributed by atoms with Crippen LogP contribution >= 0.6 is 23.5 Å². The highest BCUT2D eigenvalue weighted by Gasteiger charge is 2.18. The van der Waals surface area contributed by atoms with Crippen molar-refractivity contribution >= 4 is 35.1 Å². The molecule has 0 aliphatic heterocycles. The fourth-order valence-corrected chi connectivity index (χ4v) is 4.38. The number of para-hydroxylation sites is 2. The number of carbonyl (C=O) groups is 1. The number of benzene rings is 3. The zero-order chi connectivity index (χ0) is 22.3. The number of nitrogens with zero attached hydrogens (tertiary/aromatic N) is 3. The van der Waals surface area contributed by atoms with Crippen LogP contribution in [0.1, 0.15) is 0 Å². The summed E-state index contributed by atoms with van der Waals surface area (Å²) in [4.78, 5) is 12.9. The minimum Gasteiger partial charge on any atom is -0.324 e. The van der Waals surface area contributed by atoms with Gasteiger partial charge in [-0.25, -0.2) is 0 Å². The molecule has 1 N–H and O–H groups in total. The van der Waals surface area contributed by atoms with E-state index < -0.39 is 5.76 Å². The van der Waals surface area contributed by atoms with E-state index in [-0.39, 0.29) is 11.7 Å². The van der Waals surface area contributed by atoms with Gasteiger partial charge in [-0.2, -0.15) is 8.78 Å². The summed E-state index contributed by atoms with van der Waals surface area (Å²) in [5, 5.41) is 11.9. The van der Waals surface area contributed by atoms with E-state index in [1.165, 1.54) is 11.8 Å². The first-order chi connectivity index (χ1) is 15.6. The SMILES string of the molecule is O=C(CSc1nnc(-c2ccccc2)n1-c1ccccc1)Nc1ccccc1SC(F)F. The number of nitrogens with one attached hydrogen (secondary N) is 1. The van der Waals surface area contributed by atoms with Gasteiger partial charge in [0.2, 0.25) is 5.91 Å². The zero-order valence-corrected chi connectivity index (χ0v) is 18.3. The van der Waals surface area contributed by atoms with Gasteiger partial charge in [0.25, 0.3) is 5.76 Å². The average molecular weight is 469 g/mol. The third kappa shape index (κ3) is 5.35. The molecule has 0 aliphatic rings. The van der Waals surface area contributed by atoms with Crippen LogP contribution in [0.3, 0.4) is 0 Å². The molecule has 5 nitrogen and oxygen atoms in total. The monoisotopic (exact) mass is 468 g/mol. The maximum atomic E-state index is 12.8. The number of thioether (sulfide) groups is 2. The van der Waals surface area contributed by atoms with Crippen LogP contribution < -0.4 is 5.32 Å². The third-order valence-corrected chi connectivity index (χ3v) is 6.11. The molecular weight excluding hydrogens is 450 g/mol. The number of hydrogen-bond acceptors (Lipinski definition) is 5. The normalized spacial score (nSPS) is 11.0. The number of anilines is 1. The topological polar surface area (TPSA) is 59.8 Å². The van der Waals surface area contributed by atoms with Gasteiger partial charge in [-0.3, -0.25) is 9.36 Å². The molecular formula is C23H18F2N4OS2. The molecule has 3 aromatic carbocycles. The molecule has 1 aromatic heterocycles. The average Bonchev–Trinajstić information content (AvgIpc) is 3.24. The fraction of sp³-hybridized carbons (Fsp3) is 0.0870. The van der Waals surface area contributed by atoms with E-state index >= 15 is 0 Å². The highest BCUT2D eigenvalue weighted by molar-refractivity contribution is 8.00. The molecule has 0 saturated carbocycles. The van der Waals surface area contributed by atoms with Crippen LogP contribution in [0.25, 0.3) is 17.1 Å². The molecule has 1 amide bonds. The molecule has 0 fully saturated rings. The Bertz CT molecular complexity index is 1190. The largest absolute Gasteiger partial charge is 0.324 e. The minimum atomic E-state index is -2.57. The maximum absolute atomic E-state index is 12.8. The molecule has 0 aliphatic carbocycles. The number of aromatic nitrogens is 3. The lowest BCUT2D eigenvalue weighted by Crippen LogP contribution is -2.15. The Morgan fingerprint density at radius 2 is 1.56 bits per heavy atom. The van der Waals surface area contributed by atoms with Crippen LogP contribution in [-0.2, 0) is 4.79 Å². The summed E-state index contributed by atoms with van der Waals surface area (Å²) in [7, 11) is 0. The van der Waals surface area contributed by atoms with Crippen molar-refractivity contribution < 1.29 is 13.6 Å². The molecule has 0 bridgehead atoms. The van der Waals surface area contributed by atoms with Crippen molar-refractivity contribution in [3.8, 4) is 17.1 Å². The molecule has 4 aromatic rings. The Labute approximate surface area is 192 Å². The summed E-state index contributed by atoms with van der Waals surface area (Å²) in [6.45, 7) is 0. The van der Waals surface area contributed by atoms with Gasteiger partial charge in [0.15, 0.2) is 11.0 Å². The molecule has 0 radical (unpaired) electrons. The number of amides is 1. The van der Waals surface area contributed by atoms with E-state index in [1.807, 2.05) is 65.2 Å². The lowest BCUT2D eigenvalue weighted by atomic mass is 10.2. The Morgan fingerprint density at radius 3 is 2.28 bits per heavy atom. The van der Waals surface area contributed by atoms with E-state index in [2.05, 4.69) is 15.5 Å². The van der Waals surface area contributed by atoms with E-state index in [0.29, 0.717) is 33.3 Å². The second-order valence-electron chi connectivity index (χ2n) is 6.55. The van der Waals surface area contributed by atoms with E-state index in [0.717, 1.165) is 11.3 Å². The summed E-state index contributed by atoms with van der Waals surface area (Å²) in [6.07, 6.45) is 0. The third-order valence-electron chi connectivity index (χ3n) is 4.39. The van der Waals surface area contributed by atoms with Crippen LogP contribution in [0, 0.1) is 0 Å². The van der Waals surface area contributed by atoms with Gasteiger partial charge in [-0.1, -0.05) is 84.2 Å². The summed E-state index contributed by atoms with van der Waals surface area (Å²) >= 11 is 1.63. The second-order valence-corrected chi connectivity index (χ2v) is 8.53. The molecule has 9 heteroatoms. The molecule has 0 atom stereocenters. The van der Waals surface area contributed by atoms with Crippen molar-refractivity contribution in [2.45, 2.75) is 15.8 Å². The van der Waals surface area contributed by atoms with Crippen LogP contribution in [0.4, 0.5) is 14.5 Å². The van der Waals surface area contributed by atoms with E-state index in [4.69, 9.17) is 0 Å². The number of carbonyl (C=O) groups excluding carboxylic acids is 1. The van der Waals surface area contributed by atoms with Crippen molar-refractivity contribution in [3.63, 3.8) is 0 Å². The van der Waals surface area contributed by atoms with Gasteiger partial charge in [0.05, 0.1) is 11.4 Å². The highest BCUT2D eigenvalue weighted by Crippen LogP contribution is 2.32. The molecule has 32 heavy (non-hydrogen) atoms. The Kier molecular flexibility index (Phi) is 7.18. The minimum absolute atomic E-state index is 0.0490. The summed E-state index contributed by atoms with van der Waals surface area (Å²) in [5.41, 5.74) is 2.13. The molecule has 0 saturated heterocycles. The quantitative estimate of drug-likeness (QED) is 0.322. The summed E-state index contributed by atoms with van der Waals surface area (Å²) in [6, 6.07) is 25.8. The predicted octanol–water partition coefficient (Wildman–Crippen LogP) is 5.98. The van der Waals surface area contributed by atoms with E-state index in [1.54, 1.807) is 24.3 Å². The van der Waals surface area contributed by atoms with Crippen LogP contribution in [-0.4, -0.2) is 32.2 Å². The van der Waals surface area contributed by atoms with E-state index in [9.17, 15) is 13.6 Å². The van der Waals surface area contributed by atoms with Crippen LogP contribution in [0.5, 0.6) is 0 Å². The van der Waals surface area contributed by atoms with Crippen molar-refractivity contribution in [1.29, 1.82) is 0 Å². The first-order valence-corrected chi connectivity index (χ1v) is 11.5. The highest BCUT2D eigenvalue weighted by atomic mass is 32.2. The van der Waals surface area contributed by atoms with Crippen LogP contribution in [0.15, 0.2) is 95.0 Å². The van der Waals surface area contributed by atoms with Crippen molar-refractivity contribution in [1.82, 2.24) is 14.8 Å². The predicted molar refractivity (Wildman–Crippen MR) is 124 cm³/mol. The molecule has 1 heterocycles. The smallest absolute Gasteiger partial charge is 0.288 e. The fourth-order valence-electron chi connectivity index (χ4n) is 3.03. The lowest BCUT2D eigenvalue weighted by molar-refractivity contribution is -0.113. The zero-order valence-electron chi connectivity index (χ0n) is 16.7. The standard InChI is InChI=1S/C23H18F2N4OS2/c24-22(25)32-19-14-8-7-13-18(19)26-20(30)15-31-23-28-27-21(16-9-3-1-4-10-16)29(23)17-11-5-2-6-12-17/h1-14,22H,15H2,(H,26,30). The number of halogens is 2. The van der Waals surface area contributed by atoms with Gasteiger partial charge < -0.3 is 5.32 Å². The number of alkyl halides is 2. The first-order valence-electron chi connectivity index (χ1n) is 9.64. The van der Waals surface area contributed by atoms with Crippen molar-refractivity contribution in [3.05, 3.63) is 84.9 Å². The maximum Gasteiger partial charge on any atom is 0.288 e. The summed E-state index contributed by atoms with van der Waals surface area (Å²) < 4.78 is 27.5. The first kappa shape index (κ1) is 22.0. The molecule has 4 rings (SSSR count). The van der Waals surface area contributed by atoms with Gasteiger partial charge >= 0.3 is 0 Å². The molecule has 162 valence electrons. The Hall–Kier alpha value is -3.17. The lowest BCUT2D eigenvalue weighted by Gasteiger charge is -2.11. The van der Waals surface area contributed by atoms with Gasteiger partial charge in [0, 0.05) is 16.1 Å². The second kappa shape index (κ2) is 10.4. The molecule has 0 spiro atoms. The molecule has 0 unspecified atom stereocenters. The van der Waals surface area contributed by atoms with Crippen LogP contribution in [0.2, 0.25) is 0 Å². The van der Waals surface area contributed by atoms with Gasteiger partial charge in [-0.05, 0) is 24.3 Å². The summed E-state index contributed by atoms with van der Waals surface area (Å²) in [5.74, 6) is -2.17. The number of rotatable bonds is 8. The Balaban J connectivity index is 1.54. The Morgan fingerprint density at radius 1 is 0.906 bits per heavy atom. The van der Waals surface area contributed by atoms with Gasteiger partial charge in [0.1, 0.15) is 0 Å².